The third-order valence-corrected chi connectivity index (χ3v) is 4.81. The van der Waals surface area contributed by atoms with Crippen LogP contribution in [-0.2, 0) is 0 Å². The van der Waals surface area contributed by atoms with E-state index in [4.69, 9.17) is 0 Å². The van der Waals surface area contributed by atoms with Gasteiger partial charge >= 0.3 is 0 Å². The van der Waals surface area contributed by atoms with Crippen LogP contribution in [0.3, 0.4) is 0 Å². The third kappa shape index (κ3) is 1.80. The summed E-state index contributed by atoms with van der Waals surface area (Å²) in [5.74, 6) is 0. The second-order valence-corrected chi connectivity index (χ2v) is 6.12. The van der Waals surface area contributed by atoms with Crippen LogP contribution in [-0.4, -0.2) is 18.1 Å². The van der Waals surface area contributed by atoms with Gasteiger partial charge in [0.05, 0.1) is 5.69 Å². The van der Waals surface area contributed by atoms with Crippen LogP contribution in [0.2, 0.25) is 0 Å². The van der Waals surface area contributed by atoms with Gasteiger partial charge in [-0.05, 0) is 35.6 Å². The molecule has 0 amide bonds. The smallest absolute Gasteiger partial charge is 0.102 e. The number of hydrogen-bond donors (Lipinski definition) is 0. The Kier molecular flexibility index (Phi) is 2.86. The molecule has 1 heterocycles. The standard InChI is InChI=1S/C20H20N2/c1-14-8-10-18-17-7-5-4-6-16(17)9-11-19(18)20(14)22-13-12-21(3)15(22)2/h4-13,15H,1-3H3/t15-/m0/s1. The first-order chi connectivity index (χ1) is 10.7. The summed E-state index contributed by atoms with van der Waals surface area (Å²) in [7, 11) is 2.12. The Morgan fingerprint density at radius 2 is 1.59 bits per heavy atom. The summed E-state index contributed by atoms with van der Waals surface area (Å²) >= 11 is 0. The van der Waals surface area contributed by atoms with E-state index in [1.54, 1.807) is 0 Å². The second-order valence-electron chi connectivity index (χ2n) is 6.12. The molecule has 4 rings (SSSR count). The lowest BCUT2D eigenvalue weighted by Crippen LogP contribution is -2.33. The van der Waals surface area contributed by atoms with E-state index in [0.717, 1.165) is 0 Å². The molecule has 110 valence electrons. The highest BCUT2D eigenvalue weighted by atomic mass is 15.4. The fourth-order valence-corrected chi connectivity index (χ4v) is 3.41. The minimum atomic E-state index is 0.343. The fraction of sp³-hybridized carbons (Fsp3) is 0.200. The quantitative estimate of drug-likeness (QED) is 0.589. The molecule has 0 radical (unpaired) electrons. The Bertz CT molecular complexity index is 895. The summed E-state index contributed by atoms with van der Waals surface area (Å²) in [5.41, 5.74) is 2.63. The van der Waals surface area contributed by atoms with Crippen LogP contribution in [0.15, 0.2) is 60.9 Å². The fourth-order valence-electron chi connectivity index (χ4n) is 3.41. The SMILES string of the molecule is Cc1ccc2c(ccc3ccccc32)c1N1C=CN(C)[C@@H]1C. The highest BCUT2D eigenvalue weighted by Crippen LogP contribution is 2.37. The van der Waals surface area contributed by atoms with Crippen molar-refractivity contribution < 1.29 is 0 Å². The van der Waals surface area contributed by atoms with Gasteiger partial charge in [0.1, 0.15) is 6.17 Å². The molecule has 2 nitrogen and oxygen atoms in total. The maximum Gasteiger partial charge on any atom is 0.102 e. The molecule has 0 fully saturated rings. The van der Waals surface area contributed by atoms with Crippen molar-refractivity contribution in [2.75, 3.05) is 11.9 Å². The predicted molar refractivity (Wildman–Crippen MR) is 95.0 cm³/mol. The topological polar surface area (TPSA) is 6.48 Å². The summed E-state index contributed by atoms with van der Waals surface area (Å²) in [4.78, 5) is 4.60. The molecule has 0 saturated heterocycles. The molecule has 0 unspecified atom stereocenters. The number of aryl methyl sites for hydroxylation is 1. The molecule has 0 N–H and O–H groups in total. The lowest BCUT2D eigenvalue weighted by Gasteiger charge is -2.29. The van der Waals surface area contributed by atoms with Crippen LogP contribution >= 0.6 is 0 Å². The van der Waals surface area contributed by atoms with E-state index in [1.807, 2.05) is 0 Å². The summed E-state index contributed by atoms with van der Waals surface area (Å²) in [6.45, 7) is 4.43. The van der Waals surface area contributed by atoms with Crippen molar-refractivity contribution in [3.05, 3.63) is 66.5 Å². The van der Waals surface area contributed by atoms with E-state index in [-0.39, 0.29) is 0 Å². The third-order valence-electron chi connectivity index (χ3n) is 4.81. The van der Waals surface area contributed by atoms with E-state index >= 15 is 0 Å². The van der Waals surface area contributed by atoms with Crippen LogP contribution in [0.5, 0.6) is 0 Å². The highest BCUT2D eigenvalue weighted by Gasteiger charge is 2.23. The van der Waals surface area contributed by atoms with Gasteiger partial charge < -0.3 is 9.80 Å². The normalized spacial score (nSPS) is 17.9. The predicted octanol–water partition coefficient (Wildman–Crippen LogP) is 4.87. The zero-order chi connectivity index (χ0) is 15.3. The van der Waals surface area contributed by atoms with Gasteiger partial charge in [0, 0.05) is 24.8 Å². The molecule has 1 atom stereocenters. The summed E-state index contributed by atoms with van der Waals surface area (Å²) in [6.07, 6.45) is 4.67. The number of benzene rings is 3. The summed E-state index contributed by atoms with van der Waals surface area (Å²) in [6, 6.07) is 17.6. The average Bonchev–Trinajstić information content (AvgIpc) is 2.86. The minimum absolute atomic E-state index is 0.343. The first-order valence-corrected chi connectivity index (χ1v) is 7.76. The molecular weight excluding hydrogens is 268 g/mol. The zero-order valence-corrected chi connectivity index (χ0v) is 13.2. The first kappa shape index (κ1) is 13.2. The van der Waals surface area contributed by atoms with Crippen molar-refractivity contribution in [2.24, 2.45) is 0 Å². The van der Waals surface area contributed by atoms with Crippen LogP contribution < -0.4 is 4.90 Å². The lowest BCUT2D eigenvalue weighted by molar-refractivity contribution is 0.383. The van der Waals surface area contributed by atoms with Crippen molar-refractivity contribution in [3.8, 4) is 0 Å². The molecule has 0 spiro atoms. The van der Waals surface area contributed by atoms with Crippen molar-refractivity contribution in [2.45, 2.75) is 20.0 Å². The minimum Gasteiger partial charge on any atom is -0.359 e. The molecule has 1 aliphatic heterocycles. The molecule has 0 aromatic heterocycles. The van der Waals surface area contributed by atoms with Gasteiger partial charge in [0.25, 0.3) is 0 Å². The monoisotopic (exact) mass is 288 g/mol. The van der Waals surface area contributed by atoms with E-state index in [1.165, 1.54) is 32.8 Å². The van der Waals surface area contributed by atoms with E-state index in [0.29, 0.717) is 6.17 Å². The van der Waals surface area contributed by atoms with Gasteiger partial charge in [-0.3, -0.25) is 0 Å². The van der Waals surface area contributed by atoms with E-state index in [9.17, 15) is 0 Å². The summed E-state index contributed by atoms with van der Waals surface area (Å²) < 4.78 is 0. The maximum atomic E-state index is 2.37. The molecular formula is C20H20N2. The maximum absolute atomic E-state index is 2.37. The Morgan fingerprint density at radius 3 is 2.36 bits per heavy atom. The molecule has 3 aromatic carbocycles. The number of nitrogens with zero attached hydrogens (tertiary/aromatic N) is 2. The van der Waals surface area contributed by atoms with E-state index in [2.05, 4.69) is 91.6 Å². The molecule has 0 bridgehead atoms. The van der Waals surface area contributed by atoms with Gasteiger partial charge in [-0.25, -0.2) is 0 Å². The van der Waals surface area contributed by atoms with Gasteiger partial charge in [-0.15, -0.1) is 0 Å². The Morgan fingerprint density at radius 1 is 0.818 bits per heavy atom. The highest BCUT2D eigenvalue weighted by molar-refractivity contribution is 6.12. The van der Waals surface area contributed by atoms with Gasteiger partial charge in [-0.2, -0.15) is 0 Å². The molecule has 2 heteroatoms. The molecule has 0 aliphatic carbocycles. The average molecular weight is 288 g/mol. The molecule has 0 saturated carbocycles. The van der Waals surface area contributed by atoms with Crippen LogP contribution in [0.25, 0.3) is 21.5 Å². The molecule has 3 aromatic rings. The summed E-state index contributed by atoms with van der Waals surface area (Å²) in [5, 5.41) is 5.27. The second kappa shape index (κ2) is 4.77. The number of anilines is 1. The number of hydrogen-bond acceptors (Lipinski definition) is 2. The van der Waals surface area contributed by atoms with Crippen LogP contribution in [0.4, 0.5) is 5.69 Å². The Labute approximate surface area is 131 Å². The molecule has 1 aliphatic rings. The Balaban J connectivity index is 2.04. The largest absolute Gasteiger partial charge is 0.359 e. The van der Waals surface area contributed by atoms with Crippen LogP contribution in [0.1, 0.15) is 12.5 Å². The van der Waals surface area contributed by atoms with E-state index < -0.39 is 0 Å². The van der Waals surface area contributed by atoms with Crippen molar-refractivity contribution in [1.29, 1.82) is 0 Å². The lowest BCUT2D eigenvalue weighted by atomic mass is 9.98. The first-order valence-electron chi connectivity index (χ1n) is 7.76. The van der Waals surface area contributed by atoms with Gasteiger partial charge in [0.15, 0.2) is 0 Å². The number of rotatable bonds is 1. The van der Waals surface area contributed by atoms with Crippen molar-refractivity contribution in [3.63, 3.8) is 0 Å². The molecule has 22 heavy (non-hydrogen) atoms. The zero-order valence-electron chi connectivity index (χ0n) is 13.2. The van der Waals surface area contributed by atoms with Gasteiger partial charge in [0.2, 0.25) is 0 Å². The van der Waals surface area contributed by atoms with Crippen LogP contribution in [0, 0.1) is 6.92 Å². The van der Waals surface area contributed by atoms with Crippen molar-refractivity contribution in [1.82, 2.24) is 4.90 Å². The Hall–Kier alpha value is -2.48. The van der Waals surface area contributed by atoms with Crippen molar-refractivity contribution >= 4 is 27.2 Å². The number of fused-ring (bicyclic) bond motifs is 3. The van der Waals surface area contributed by atoms with Gasteiger partial charge in [-0.1, -0.05) is 48.5 Å².